The van der Waals surface area contributed by atoms with Gasteiger partial charge in [0.05, 0.1) is 0 Å². The Balaban J connectivity index is 1.64. The van der Waals surface area contributed by atoms with E-state index in [4.69, 9.17) is 0 Å². The second kappa shape index (κ2) is 8.70. The Labute approximate surface area is 162 Å². The van der Waals surface area contributed by atoms with E-state index < -0.39 is 6.10 Å². The van der Waals surface area contributed by atoms with Crippen molar-refractivity contribution in [2.24, 2.45) is 5.92 Å². The molecule has 0 unspecified atom stereocenters. The highest BCUT2D eigenvalue weighted by Gasteiger charge is 2.42. The van der Waals surface area contributed by atoms with Gasteiger partial charge in [-0.15, -0.1) is 0 Å². The summed E-state index contributed by atoms with van der Waals surface area (Å²) in [7, 11) is 0. The van der Waals surface area contributed by atoms with Gasteiger partial charge in [0.1, 0.15) is 11.9 Å². The van der Waals surface area contributed by atoms with Crippen LogP contribution in [0.4, 0.5) is 4.39 Å². The van der Waals surface area contributed by atoms with Crippen LogP contribution in [0.2, 0.25) is 0 Å². The number of carbonyl (C=O) groups excluding carboxylic acids is 1. The Bertz CT molecular complexity index is 634. The second-order valence-corrected chi connectivity index (χ2v) is 8.70. The van der Waals surface area contributed by atoms with Gasteiger partial charge in [0.25, 0.3) is 5.91 Å². The number of likely N-dealkylation sites (tertiary alicyclic amines) is 2. The minimum Gasteiger partial charge on any atom is -0.383 e. The van der Waals surface area contributed by atoms with Crippen molar-refractivity contribution < 1.29 is 14.3 Å². The Morgan fingerprint density at radius 2 is 1.78 bits per heavy atom. The molecule has 27 heavy (non-hydrogen) atoms. The molecule has 0 saturated carbocycles. The average Bonchev–Trinajstić information content (AvgIpc) is 2.87. The molecule has 1 N–H and O–H groups in total. The zero-order chi connectivity index (χ0) is 19.4. The standard InChI is InChI=1S/C22H33FN2O2/c1-17(2)15-20(26)21(27)24-12-3-9-22(11-14-24)10-4-13-25(22)16-18-5-7-19(23)8-6-18/h5-8,17,20,26H,3-4,9-16H2,1-2H3/t20-,22+/m1/s1. The van der Waals surface area contributed by atoms with Gasteiger partial charge in [-0.25, -0.2) is 4.39 Å². The molecule has 1 aromatic carbocycles. The normalized spacial score (nSPS) is 25.1. The maximum Gasteiger partial charge on any atom is 0.251 e. The van der Waals surface area contributed by atoms with Crippen LogP contribution in [-0.2, 0) is 11.3 Å². The average molecular weight is 377 g/mol. The van der Waals surface area contributed by atoms with Crippen LogP contribution in [0.25, 0.3) is 0 Å². The number of halogens is 1. The van der Waals surface area contributed by atoms with E-state index in [0.29, 0.717) is 18.9 Å². The predicted molar refractivity (Wildman–Crippen MR) is 105 cm³/mol. The van der Waals surface area contributed by atoms with Gasteiger partial charge in [-0.3, -0.25) is 9.69 Å². The predicted octanol–water partition coefficient (Wildman–Crippen LogP) is 3.58. The first-order valence-corrected chi connectivity index (χ1v) is 10.4. The first-order valence-electron chi connectivity index (χ1n) is 10.4. The first-order chi connectivity index (χ1) is 12.9. The highest BCUT2D eigenvalue weighted by Crippen LogP contribution is 2.39. The van der Waals surface area contributed by atoms with Crippen molar-refractivity contribution in [2.75, 3.05) is 19.6 Å². The highest BCUT2D eigenvalue weighted by molar-refractivity contribution is 5.80. The molecule has 4 nitrogen and oxygen atoms in total. The minimum absolute atomic E-state index is 0.108. The van der Waals surface area contributed by atoms with Crippen LogP contribution < -0.4 is 0 Å². The number of benzene rings is 1. The fraction of sp³-hybridized carbons (Fsp3) is 0.682. The molecule has 3 rings (SSSR count). The monoisotopic (exact) mass is 376 g/mol. The van der Waals surface area contributed by atoms with Gasteiger partial charge < -0.3 is 10.0 Å². The molecule has 2 aliphatic heterocycles. The van der Waals surface area contributed by atoms with Crippen LogP contribution in [-0.4, -0.2) is 52.1 Å². The summed E-state index contributed by atoms with van der Waals surface area (Å²) in [5.74, 6) is 0.00518. The Hall–Kier alpha value is -1.46. The molecule has 5 heteroatoms. The van der Waals surface area contributed by atoms with E-state index in [9.17, 15) is 14.3 Å². The van der Waals surface area contributed by atoms with Crippen molar-refractivity contribution in [3.63, 3.8) is 0 Å². The fourth-order valence-corrected chi connectivity index (χ4v) is 4.77. The Morgan fingerprint density at radius 3 is 2.44 bits per heavy atom. The lowest BCUT2D eigenvalue weighted by Gasteiger charge is -2.38. The van der Waals surface area contributed by atoms with Crippen molar-refractivity contribution in [3.8, 4) is 0 Å². The lowest BCUT2D eigenvalue weighted by atomic mass is 9.87. The molecule has 2 saturated heterocycles. The Kier molecular flexibility index (Phi) is 6.53. The van der Waals surface area contributed by atoms with Crippen LogP contribution in [0.15, 0.2) is 24.3 Å². The number of hydrogen-bond acceptors (Lipinski definition) is 3. The number of rotatable bonds is 5. The van der Waals surface area contributed by atoms with Gasteiger partial charge in [0.15, 0.2) is 0 Å². The van der Waals surface area contributed by atoms with Gasteiger partial charge in [-0.05, 0) is 68.7 Å². The van der Waals surface area contributed by atoms with Crippen LogP contribution in [0, 0.1) is 11.7 Å². The van der Waals surface area contributed by atoms with E-state index in [2.05, 4.69) is 4.90 Å². The SMILES string of the molecule is CC(C)C[C@@H](O)C(=O)N1CCC[C@]2(CCCN2Cc2ccc(F)cc2)CC1. The van der Waals surface area contributed by atoms with Crippen LogP contribution in [0.1, 0.15) is 57.9 Å². The summed E-state index contributed by atoms with van der Waals surface area (Å²) in [5, 5.41) is 10.2. The topological polar surface area (TPSA) is 43.8 Å². The van der Waals surface area contributed by atoms with E-state index in [1.807, 2.05) is 30.9 Å². The molecule has 1 aromatic rings. The molecular weight excluding hydrogens is 343 g/mol. The highest BCUT2D eigenvalue weighted by atomic mass is 19.1. The number of carbonyl (C=O) groups is 1. The van der Waals surface area contributed by atoms with Crippen molar-refractivity contribution in [3.05, 3.63) is 35.6 Å². The zero-order valence-electron chi connectivity index (χ0n) is 16.7. The maximum absolute atomic E-state index is 13.2. The van der Waals surface area contributed by atoms with Gasteiger partial charge in [0.2, 0.25) is 0 Å². The molecule has 2 heterocycles. The molecule has 0 aliphatic carbocycles. The summed E-state index contributed by atoms with van der Waals surface area (Å²) in [4.78, 5) is 17.0. The summed E-state index contributed by atoms with van der Waals surface area (Å²) in [5.41, 5.74) is 1.27. The molecule has 0 bridgehead atoms. The van der Waals surface area contributed by atoms with Crippen molar-refractivity contribution in [1.82, 2.24) is 9.80 Å². The summed E-state index contributed by atoms with van der Waals surface area (Å²) in [6.07, 6.45) is 4.98. The minimum atomic E-state index is -0.877. The summed E-state index contributed by atoms with van der Waals surface area (Å²) < 4.78 is 13.2. The molecule has 1 spiro atoms. The number of hydrogen-bond donors (Lipinski definition) is 1. The number of aliphatic hydroxyl groups is 1. The zero-order valence-corrected chi connectivity index (χ0v) is 16.7. The number of aliphatic hydroxyl groups excluding tert-OH is 1. The van der Waals surface area contributed by atoms with Crippen LogP contribution in [0.5, 0.6) is 0 Å². The first kappa shape index (κ1) is 20.3. The number of nitrogens with zero attached hydrogens (tertiary/aromatic N) is 2. The molecule has 2 fully saturated rings. The molecule has 2 aliphatic rings. The van der Waals surface area contributed by atoms with Crippen molar-refractivity contribution >= 4 is 5.91 Å². The third-order valence-corrected chi connectivity index (χ3v) is 6.24. The van der Waals surface area contributed by atoms with Gasteiger partial charge in [-0.1, -0.05) is 26.0 Å². The van der Waals surface area contributed by atoms with Crippen LogP contribution >= 0.6 is 0 Å². The van der Waals surface area contributed by atoms with E-state index >= 15 is 0 Å². The van der Waals surface area contributed by atoms with Gasteiger partial charge in [-0.2, -0.15) is 0 Å². The van der Waals surface area contributed by atoms with E-state index in [0.717, 1.165) is 50.9 Å². The largest absolute Gasteiger partial charge is 0.383 e. The molecule has 0 aromatic heterocycles. The smallest absolute Gasteiger partial charge is 0.251 e. The van der Waals surface area contributed by atoms with Gasteiger partial charge in [0, 0.05) is 25.2 Å². The van der Waals surface area contributed by atoms with Gasteiger partial charge >= 0.3 is 0 Å². The lowest BCUT2D eigenvalue weighted by Crippen LogP contribution is -2.45. The summed E-state index contributed by atoms with van der Waals surface area (Å²) in [6.45, 7) is 7.40. The molecule has 0 radical (unpaired) electrons. The lowest BCUT2D eigenvalue weighted by molar-refractivity contribution is -0.141. The summed E-state index contributed by atoms with van der Waals surface area (Å²) >= 11 is 0. The van der Waals surface area contributed by atoms with E-state index in [1.165, 1.54) is 18.6 Å². The summed E-state index contributed by atoms with van der Waals surface area (Å²) in [6, 6.07) is 6.80. The quantitative estimate of drug-likeness (QED) is 0.854. The second-order valence-electron chi connectivity index (χ2n) is 8.70. The van der Waals surface area contributed by atoms with Crippen LogP contribution in [0.3, 0.4) is 0 Å². The van der Waals surface area contributed by atoms with Crippen molar-refractivity contribution in [1.29, 1.82) is 0 Å². The Morgan fingerprint density at radius 1 is 1.11 bits per heavy atom. The fourth-order valence-electron chi connectivity index (χ4n) is 4.77. The van der Waals surface area contributed by atoms with E-state index in [-0.39, 0.29) is 17.3 Å². The third kappa shape index (κ3) is 4.88. The maximum atomic E-state index is 13.2. The third-order valence-electron chi connectivity index (χ3n) is 6.24. The molecular formula is C22H33FN2O2. The molecule has 2 atom stereocenters. The number of amides is 1. The molecule has 1 amide bonds. The van der Waals surface area contributed by atoms with E-state index in [1.54, 1.807) is 0 Å². The van der Waals surface area contributed by atoms with Crippen molar-refractivity contribution in [2.45, 2.75) is 70.6 Å². The molecule has 150 valence electrons.